The first kappa shape index (κ1) is 17.4. The van der Waals surface area contributed by atoms with Crippen molar-refractivity contribution in [3.8, 4) is 0 Å². The molecule has 0 aromatic heterocycles. The van der Waals surface area contributed by atoms with Crippen molar-refractivity contribution in [2.24, 2.45) is 0 Å². The molecule has 18 heavy (non-hydrogen) atoms. The summed E-state index contributed by atoms with van der Waals surface area (Å²) in [5, 5.41) is 0.636. The molecule has 0 saturated carbocycles. The second kappa shape index (κ2) is 9.33. The second-order valence-electron chi connectivity index (χ2n) is 3.75. The van der Waals surface area contributed by atoms with Gasteiger partial charge in [-0.2, -0.15) is 13.1 Å². The van der Waals surface area contributed by atoms with Crippen LogP contribution < -0.4 is 4.72 Å². The molecule has 0 spiro atoms. The lowest BCUT2D eigenvalue weighted by Gasteiger charge is -2.02. The van der Waals surface area contributed by atoms with Crippen molar-refractivity contribution < 1.29 is 12.6 Å². The van der Waals surface area contributed by atoms with Crippen LogP contribution in [0.3, 0.4) is 0 Å². The Morgan fingerprint density at radius 2 is 2.11 bits per heavy atom. The van der Waals surface area contributed by atoms with Crippen molar-refractivity contribution >= 4 is 21.9 Å². The third-order valence-electron chi connectivity index (χ3n) is 1.91. The maximum atomic E-state index is 10.9. The van der Waals surface area contributed by atoms with Gasteiger partial charge >= 0.3 is 10.3 Å². The fraction of sp³-hybridized carbons (Fsp3) is 0.500. The van der Waals surface area contributed by atoms with Gasteiger partial charge in [0.05, 0.1) is 6.61 Å². The third kappa shape index (κ3) is 10.5. The Labute approximate surface area is 115 Å². The molecule has 0 saturated heterocycles. The first-order chi connectivity index (χ1) is 8.37. The first-order valence-electron chi connectivity index (χ1n) is 5.64. The van der Waals surface area contributed by atoms with Gasteiger partial charge in [0.15, 0.2) is 0 Å². The lowest BCUT2D eigenvalue weighted by atomic mass is 10.2. The van der Waals surface area contributed by atoms with E-state index in [2.05, 4.69) is 15.5 Å². The molecule has 0 radical (unpaired) electrons. The molecule has 0 aliphatic heterocycles. The number of unbranched alkanes of at least 4 members (excludes halogenated alkanes) is 2. The fourth-order valence-electron chi connectivity index (χ4n) is 1.07. The first-order valence-corrected chi connectivity index (χ1v) is 7.43. The highest BCUT2D eigenvalue weighted by Gasteiger charge is 2.04. The standard InChI is InChI=1S/C12H20ClNO3S/c1-11(2)10-12(13)8-6-4-5-7-9-17-18(15,16)14-3/h6,8,10,14H,1,4-5,7,9H2,2-3H3/b8-6-,12-10+. The summed E-state index contributed by atoms with van der Waals surface area (Å²) in [5.74, 6) is 0. The Hall–Kier alpha value is -0.620. The van der Waals surface area contributed by atoms with Crippen LogP contribution in [0.15, 0.2) is 35.4 Å². The summed E-state index contributed by atoms with van der Waals surface area (Å²) in [6, 6.07) is 0. The van der Waals surface area contributed by atoms with E-state index in [1.54, 1.807) is 12.2 Å². The molecule has 0 aliphatic rings. The Kier molecular flexibility index (Phi) is 9.01. The maximum Gasteiger partial charge on any atom is 0.335 e. The summed E-state index contributed by atoms with van der Waals surface area (Å²) < 4.78 is 28.5. The van der Waals surface area contributed by atoms with Crippen LogP contribution in [0.1, 0.15) is 26.2 Å². The molecule has 0 atom stereocenters. The number of rotatable bonds is 9. The summed E-state index contributed by atoms with van der Waals surface area (Å²) in [6.45, 7) is 5.78. The van der Waals surface area contributed by atoms with E-state index in [-0.39, 0.29) is 6.61 Å². The lowest BCUT2D eigenvalue weighted by Crippen LogP contribution is -2.21. The Morgan fingerprint density at radius 1 is 1.44 bits per heavy atom. The minimum Gasteiger partial charge on any atom is -0.258 e. The topological polar surface area (TPSA) is 55.4 Å². The zero-order valence-electron chi connectivity index (χ0n) is 10.8. The molecule has 0 heterocycles. The molecule has 1 N–H and O–H groups in total. The molecule has 4 nitrogen and oxygen atoms in total. The van der Waals surface area contributed by atoms with E-state index in [0.717, 1.165) is 18.4 Å². The van der Waals surface area contributed by atoms with Crippen LogP contribution in [0.4, 0.5) is 0 Å². The molecule has 104 valence electrons. The van der Waals surface area contributed by atoms with Crippen LogP contribution in [0.25, 0.3) is 0 Å². The van der Waals surface area contributed by atoms with Crippen LogP contribution in [0.2, 0.25) is 0 Å². The van der Waals surface area contributed by atoms with Crippen LogP contribution in [-0.4, -0.2) is 22.1 Å². The van der Waals surface area contributed by atoms with E-state index in [9.17, 15) is 8.42 Å². The zero-order chi connectivity index (χ0) is 14.0. The predicted molar refractivity (Wildman–Crippen MR) is 75.7 cm³/mol. The van der Waals surface area contributed by atoms with Gasteiger partial charge in [0.25, 0.3) is 0 Å². The number of hydrogen-bond acceptors (Lipinski definition) is 3. The average molecular weight is 294 g/mol. The number of allylic oxidation sites excluding steroid dienone is 5. The van der Waals surface area contributed by atoms with E-state index in [0.29, 0.717) is 11.5 Å². The Bertz CT molecular complexity index is 413. The van der Waals surface area contributed by atoms with Crippen LogP contribution >= 0.6 is 11.6 Å². The van der Waals surface area contributed by atoms with E-state index in [1.165, 1.54) is 7.05 Å². The molecular formula is C12H20ClNO3S. The highest BCUT2D eigenvalue weighted by atomic mass is 35.5. The molecule has 0 unspecified atom stereocenters. The molecular weight excluding hydrogens is 274 g/mol. The van der Waals surface area contributed by atoms with Crippen molar-refractivity contribution in [3.63, 3.8) is 0 Å². The smallest absolute Gasteiger partial charge is 0.258 e. The number of nitrogens with one attached hydrogen (secondary N) is 1. The van der Waals surface area contributed by atoms with E-state index < -0.39 is 10.3 Å². The Balaban J connectivity index is 3.70. The van der Waals surface area contributed by atoms with Crippen molar-refractivity contribution in [1.29, 1.82) is 0 Å². The van der Waals surface area contributed by atoms with Gasteiger partial charge in [-0.15, -0.1) is 0 Å². The summed E-state index contributed by atoms with van der Waals surface area (Å²) >= 11 is 5.90. The zero-order valence-corrected chi connectivity index (χ0v) is 12.4. The van der Waals surface area contributed by atoms with Gasteiger partial charge in [0.1, 0.15) is 0 Å². The third-order valence-corrected chi connectivity index (χ3v) is 3.13. The lowest BCUT2D eigenvalue weighted by molar-refractivity contribution is 0.304. The van der Waals surface area contributed by atoms with Crippen molar-refractivity contribution in [1.82, 2.24) is 4.72 Å². The molecule has 0 fully saturated rings. The summed E-state index contributed by atoms with van der Waals surface area (Å²) in [4.78, 5) is 0. The fourth-order valence-corrected chi connectivity index (χ4v) is 1.80. The molecule has 0 aromatic rings. The van der Waals surface area contributed by atoms with Crippen molar-refractivity contribution in [3.05, 3.63) is 35.4 Å². The van der Waals surface area contributed by atoms with Crippen molar-refractivity contribution in [2.45, 2.75) is 26.2 Å². The van der Waals surface area contributed by atoms with Gasteiger partial charge in [-0.25, -0.2) is 0 Å². The maximum absolute atomic E-state index is 10.9. The minimum absolute atomic E-state index is 0.187. The van der Waals surface area contributed by atoms with Crippen LogP contribution in [-0.2, 0) is 14.5 Å². The van der Waals surface area contributed by atoms with E-state index in [1.807, 2.05) is 13.0 Å². The number of hydrogen-bond donors (Lipinski definition) is 1. The monoisotopic (exact) mass is 293 g/mol. The molecule has 0 aliphatic carbocycles. The minimum atomic E-state index is -3.55. The van der Waals surface area contributed by atoms with Crippen LogP contribution in [0.5, 0.6) is 0 Å². The summed E-state index contributed by atoms with van der Waals surface area (Å²) in [6.07, 6.45) is 7.86. The average Bonchev–Trinajstić information content (AvgIpc) is 2.26. The largest absolute Gasteiger partial charge is 0.335 e. The van der Waals surface area contributed by atoms with E-state index in [4.69, 9.17) is 11.6 Å². The van der Waals surface area contributed by atoms with Gasteiger partial charge in [0.2, 0.25) is 0 Å². The van der Waals surface area contributed by atoms with Crippen molar-refractivity contribution in [2.75, 3.05) is 13.7 Å². The molecule has 0 bridgehead atoms. The summed E-state index contributed by atoms with van der Waals surface area (Å²) in [5.41, 5.74) is 0.898. The van der Waals surface area contributed by atoms with Gasteiger partial charge < -0.3 is 0 Å². The van der Waals surface area contributed by atoms with Gasteiger partial charge in [-0.3, -0.25) is 4.18 Å². The second-order valence-corrected chi connectivity index (χ2v) is 5.74. The molecule has 0 aromatic carbocycles. The van der Waals surface area contributed by atoms with Gasteiger partial charge in [0, 0.05) is 12.1 Å². The van der Waals surface area contributed by atoms with E-state index >= 15 is 0 Å². The molecule has 0 rings (SSSR count). The predicted octanol–water partition coefficient (Wildman–Crippen LogP) is 2.89. The van der Waals surface area contributed by atoms with Gasteiger partial charge in [-0.1, -0.05) is 29.8 Å². The summed E-state index contributed by atoms with van der Waals surface area (Å²) in [7, 11) is -2.23. The Morgan fingerprint density at radius 3 is 2.67 bits per heavy atom. The highest BCUT2D eigenvalue weighted by molar-refractivity contribution is 7.84. The SMILES string of the molecule is C=C(C)/C=C(Cl)\C=C/CCCCOS(=O)(=O)NC. The molecule has 0 amide bonds. The quantitative estimate of drug-likeness (QED) is 0.525. The van der Waals surface area contributed by atoms with Gasteiger partial charge in [-0.05, 0) is 38.3 Å². The van der Waals surface area contributed by atoms with Crippen LogP contribution in [0, 0.1) is 0 Å². The number of halogens is 1. The normalized spacial score (nSPS) is 13.2. The molecule has 6 heteroatoms. The highest BCUT2D eigenvalue weighted by Crippen LogP contribution is 2.08.